The van der Waals surface area contributed by atoms with Gasteiger partial charge in [-0.15, -0.1) is 5.10 Å². The van der Waals surface area contributed by atoms with E-state index in [1.54, 1.807) is 6.20 Å². The second-order valence-electron chi connectivity index (χ2n) is 4.35. The molecule has 0 aliphatic heterocycles. The van der Waals surface area contributed by atoms with Crippen molar-refractivity contribution in [2.45, 2.75) is 20.0 Å². The molecule has 0 saturated carbocycles. The predicted molar refractivity (Wildman–Crippen MR) is 72.6 cm³/mol. The Morgan fingerprint density at radius 2 is 2.05 bits per heavy atom. The lowest BCUT2D eigenvalue weighted by Gasteiger charge is -2.05. The molecule has 0 unspecified atom stereocenters. The van der Waals surface area contributed by atoms with Crippen LogP contribution >= 0.6 is 0 Å². The average Bonchev–Trinajstić information content (AvgIpc) is 2.80. The summed E-state index contributed by atoms with van der Waals surface area (Å²) in [6.07, 6.45) is 1.76. The summed E-state index contributed by atoms with van der Waals surface area (Å²) in [5.74, 6) is -0.121. The minimum absolute atomic E-state index is 0.121. The van der Waals surface area contributed by atoms with Crippen molar-refractivity contribution in [3.8, 4) is 0 Å². The van der Waals surface area contributed by atoms with Gasteiger partial charge in [0, 0.05) is 12.2 Å². The third-order valence-corrected chi connectivity index (χ3v) is 2.58. The van der Waals surface area contributed by atoms with Crippen LogP contribution in [0.4, 0.5) is 5.69 Å². The topological polar surface area (TPSA) is 71.8 Å². The molecule has 2 N–H and O–H groups in total. The zero-order valence-electron chi connectivity index (χ0n) is 11.1. The molecule has 1 heterocycles. The van der Waals surface area contributed by atoms with E-state index in [-0.39, 0.29) is 12.5 Å². The zero-order chi connectivity index (χ0) is 13.7. The molecule has 0 fully saturated rings. The Kier molecular flexibility index (Phi) is 4.25. The van der Waals surface area contributed by atoms with Crippen molar-refractivity contribution in [1.29, 1.82) is 0 Å². The summed E-state index contributed by atoms with van der Waals surface area (Å²) < 4.78 is 1.52. The summed E-state index contributed by atoms with van der Waals surface area (Å²) >= 11 is 0. The highest BCUT2D eigenvalue weighted by atomic mass is 16.2. The van der Waals surface area contributed by atoms with E-state index in [1.807, 2.05) is 38.2 Å². The van der Waals surface area contributed by atoms with Crippen LogP contribution in [0.1, 0.15) is 11.3 Å². The molecule has 1 amide bonds. The molecule has 0 radical (unpaired) electrons. The fourth-order valence-electron chi connectivity index (χ4n) is 1.66. The van der Waals surface area contributed by atoms with Gasteiger partial charge in [-0.3, -0.25) is 4.79 Å². The van der Waals surface area contributed by atoms with Crippen LogP contribution in [0.25, 0.3) is 0 Å². The molecule has 100 valence electrons. The summed E-state index contributed by atoms with van der Waals surface area (Å²) in [7, 11) is 1.84. The maximum atomic E-state index is 11.8. The van der Waals surface area contributed by atoms with Gasteiger partial charge in [-0.05, 0) is 26.1 Å². The maximum Gasteiger partial charge on any atom is 0.246 e. The number of benzene rings is 1. The fraction of sp³-hybridized carbons (Fsp3) is 0.308. The van der Waals surface area contributed by atoms with Crippen LogP contribution < -0.4 is 10.6 Å². The van der Waals surface area contributed by atoms with E-state index >= 15 is 0 Å². The molecule has 0 aliphatic rings. The maximum absolute atomic E-state index is 11.8. The van der Waals surface area contributed by atoms with Gasteiger partial charge in [-0.1, -0.05) is 22.9 Å². The minimum Gasteiger partial charge on any atom is -0.324 e. The van der Waals surface area contributed by atoms with Gasteiger partial charge >= 0.3 is 0 Å². The van der Waals surface area contributed by atoms with Crippen LogP contribution in [-0.2, 0) is 17.9 Å². The summed E-state index contributed by atoms with van der Waals surface area (Å²) in [4.78, 5) is 11.8. The molecule has 2 rings (SSSR count). The Morgan fingerprint density at radius 3 is 2.74 bits per heavy atom. The van der Waals surface area contributed by atoms with Crippen molar-refractivity contribution in [3.05, 3.63) is 41.7 Å². The van der Waals surface area contributed by atoms with Gasteiger partial charge in [0.25, 0.3) is 0 Å². The smallest absolute Gasteiger partial charge is 0.246 e. The number of hydrogen-bond acceptors (Lipinski definition) is 4. The Balaban J connectivity index is 1.91. The monoisotopic (exact) mass is 259 g/mol. The SMILES string of the molecule is CNCc1cn(CC(=O)Nc2ccc(C)cc2)nn1. The number of rotatable bonds is 5. The van der Waals surface area contributed by atoms with Crippen molar-refractivity contribution in [1.82, 2.24) is 20.3 Å². The first-order valence-electron chi connectivity index (χ1n) is 6.07. The normalized spacial score (nSPS) is 10.4. The molecule has 0 aliphatic carbocycles. The number of anilines is 1. The average molecular weight is 259 g/mol. The summed E-state index contributed by atoms with van der Waals surface area (Å²) in [5.41, 5.74) is 2.75. The Morgan fingerprint density at radius 1 is 1.32 bits per heavy atom. The first kappa shape index (κ1) is 13.2. The van der Waals surface area contributed by atoms with Crippen molar-refractivity contribution >= 4 is 11.6 Å². The van der Waals surface area contributed by atoms with Gasteiger partial charge in [0.2, 0.25) is 5.91 Å². The predicted octanol–water partition coefficient (Wildman–Crippen LogP) is 0.945. The van der Waals surface area contributed by atoms with Crippen molar-refractivity contribution in [2.75, 3.05) is 12.4 Å². The first-order chi connectivity index (χ1) is 9.17. The van der Waals surface area contributed by atoms with Crippen molar-refractivity contribution in [2.24, 2.45) is 0 Å². The van der Waals surface area contributed by atoms with Gasteiger partial charge in [0.05, 0.1) is 11.9 Å². The van der Waals surface area contributed by atoms with E-state index in [1.165, 1.54) is 4.68 Å². The molecule has 19 heavy (non-hydrogen) atoms. The van der Waals surface area contributed by atoms with E-state index < -0.39 is 0 Å². The quantitative estimate of drug-likeness (QED) is 0.838. The van der Waals surface area contributed by atoms with Gasteiger partial charge < -0.3 is 10.6 Å². The number of aromatic nitrogens is 3. The second-order valence-corrected chi connectivity index (χ2v) is 4.35. The lowest BCUT2D eigenvalue weighted by Crippen LogP contribution is -2.19. The molecular formula is C13H17N5O. The van der Waals surface area contributed by atoms with Gasteiger partial charge in [0.1, 0.15) is 6.54 Å². The minimum atomic E-state index is -0.121. The molecule has 6 nitrogen and oxygen atoms in total. The second kappa shape index (κ2) is 6.10. The molecule has 0 atom stereocenters. The van der Waals surface area contributed by atoms with E-state index in [2.05, 4.69) is 20.9 Å². The Labute approximate surface area is 111 Å². The van der Waals surface area contributed by atoms with Crippen LogP contribution in [0.5, 0.6) is 0 Å². The number of carbonyl (C=O) groups excluding carboxylic acids is 1. The molecule has 0 bridgehead atoms. The molecular weight excluding hydrogens is 242 g/mol. The fourth-order valence-corrected chi connectivity index (χ4v) is 1.66. The van der Waals surface area contributed by atoms with Crippen molar-refractivity contribution < 1.29 is 4.79 Å². The van der Waals surface area contributed by atoms with E-state index in [0.717, 1.165) is 16.9 Å². The Hall–Kier alpha value is -2.21. The van der Waals surface area contributed by atoms with Crippen molar-refractivity contribution in [3.63, 3.8) is 0 Å². The number of hydrogen-bond donors (Lipinski definition) is 2. The molecule has 1 aromatic carbocycles. The molecule has 6 heteroatoms. The van der Waals surface area contributed by atoms with Crippen LogP contribution in [-0.4, -0.2) is 27.9 Å². The molecule has 0 saturated heterocycles. The van der Waals surface area contributed by atoms with Gasteiger partial charge in [-0.25, -0.2) is 4.68 Å². The molecule has 2 aromatic rings. The van der Waals surface area contributed by atoms with Crippen LogP contribution in [0.2, 0.25) is 0 Å². The molecule has 1 aromatic heterocycles. The highest BCUT2D eigenvalue weighted by molar-refractivity contribution is 5.90. The standard InChI is InChI=1S/C13H17N5O/c1-10-3-5-11(6-4-10)15-13(19)9-18-8-12(7-14-2)16-17-18/h3-6,8,14H,7,9H2,1-2H3,(H,15,19). The van der Waals surface area contributed by atoms with Crippen LogP contribution in [0.15, 0.2) is 30.5 Å². The highest BCUT2D eigenvalue weighted by Crippen LogP contribution is 2.08. The number of nitrogens with zero attached hydrogens (tertiary/aromatic N) is 3. The Bertz CT molecular complexity index is 546. The van der Waals surface area contributed by atoms with Crippen LogP contribution in [0.3, 0.4) is 0 Å². The van der Waals surface area contributed by atoms with E-state index in [9.17, 15) is 4.79 Å². The van der Waals surface area contributed by atoms with Gasteiger partial charge in [-0.2, -0.15) is 0 Å². The first-order valence-corrected chi connectivity index (χ1v) is 6.07. The third-order valence-electron chi connectivity index (χ3n) is 2.58. The number of carbonyl (C=O) groups is 1. The lowest BCUT2D eigenvalue weighted by atomic mass is 10.2. The highest BCUT2D eigenvalue weighted by Gasteiger charge is 2.06. The lowest BCUT2D eigenvalue weighted by molar-refractivity contribution is -0.116. The number of aryl methyl sites for hydroxylation is 1. The van der Waals surface area contributed by atoms with Crippen LogP contribution in [0, 0.1) is 6.92 Å². The number of amides is 1. The third kappa shape index (κ3) is 3.89. The summed E-state index contributed by atoms with van der Waals surface area (Å²) in [6.45, 7) is 2.80. The molecule has 0 spiro atoms. The zero-order valence-corrected chi connectivity index (χ0v) is 11.1. The summed E-state index contributed by atoms with van der Waals surface area (Å²) in [6, 6.07) is 7.66. The number of nitrogens with one attached hydrogen (secondary N) is 2. The van der Waals surface area contributed by atoms with E-state index in [4.69, 9.17) is 0 Å². The van der Waals surface area contributed by atoms with E-state index in [0.29, 0.717) is 6.54 Å². The largest absolute Gasteiger partial charge is 0.324 e. The van der Waals surface area contributed by atoms with Gasteiger partial charge in [0.15, 0.2) is 0 Å². The summed E-state index contributed by atoms with van der Waals surface area (Å²) in [5, 5.41) is 13.6.